The van der Waals surface area contributed by atoms with Gasteiger partial charge in [0.05, 0.1) is 23.7 Å². The summed E-state index contributed by atoms with van der Waals surface area (Å²) in [6.07, 6.45) is 2.14. The normalized spacial score (nSPS) is 24.1. The van der Waals surface area contributed by atoms with Gasteiger partial charge in [0, 0.05) is 0 Å². The van der Waals surface area contributed by atoms with Gasteiger partial charge in [-0.3, -0.25) is 4.79 Å². The Labute approximate surface area is 87.3 Å². The molecule has 0 amide bonds. The zero-order valence-electron chi connectivity index (χ0n) is 7.92. The van der Waals surface area contributed by atoms with E-state index in [2.05, 4.69) is 0 Å². The predicted molar refractivity (Wildman–Crippen MR) is 54.1 cm³/mol. The Bertz CT molecular complexity index is 454. The number of ketones is 1. The molecule has 3 nitrogen and oxygen atoms in total. The molecule has 0 saturated heterocycles. The zero-order chi connectivity index (χ0) is 10.8. The molecule has 0 radical (unpaired) electrons. The van der Waals surface area contributed by atoms with Crippen LogP contribution in [0.2, 0.25) is 0 Å². The molecule has 0 bridgehead atoms. The van der Waals surface area contributed by atoms with E-state index < -0.39 is 12.0 Å². The number of carbonyl (C=O) groups excluding carboxylic acids is 1. The number of nitrogens with zero attached hydrogens (tertiary/aromatic N) is 1. The first-order chi connectivity index (χ1) is 7.22. The summed E-state index contributed by atoms with van der Waals surface area (Å²) in [5.41, 5.74) is 1.29. The van der Waals surface area contributed by atoms with E-state index in [1.807, 2.05) is 6.07 Å². The van der Waals surface area contributed by atoms with Gasteiger partial charge in [-0.15, -0.1) is 0 Å². The second kappa shape index (κ2) is 3.68. The van der Waals surface area contributed by atoms with Gasteiger partial charge in [-0.25, -0.2) is 0 Å². The Kier molecular flexibility index (Phi) is 2.36. The summed E-state index contributed by atoms with van der Waals surface area (Å²) in [6.45, 7) is 0. The molecule has 3 heteroatoms. The van der Waals surface area contributed by atoms with Crippen LogP contribution in [-0.4, -0.2) is 17.0 Å². The lowest BCUT2D eigenvalue weighted by atomic mass is 9.93. The van der Waals surface area contributed by atoms with Gasteiger partial charge in [0.15, 0.2) is 5.78 Å². The first-order valence-electron chi connectivity index (χ1n) is 4.62. The molecular weight excluding hydrogens is 190 g/mol. The maximum absolute atomic E-state index is 11.4. The summed E-state index contributed by atoms with van der Waals surface area (Å²) in [7, 11) is 0. The first kappa shape index (κ1) is 9.63. The molecule has 1 aromatic rings. The van der Waals surface area contributed by atoms with Gasteiger partial charge in [0.2, 0.25) is 0 Å². The fourth-order valence-corrected chi connectivity index (χ4v) is 1.70. The van der Waals surface area contributed by atoms with Gasteiger partial charge >= 0.3 is 0 Å². The van der Waals surface area contributed by atoms with Crippen LogP contribution in [0.3, 0.4) is 0 Å². The fourth-order valence-electron chi connectivity index (χ4n) is 1.70. The average Bonchev–Trinajstić information content (AvgIpc) is 2.59. The van der Waals surface area contributed by atoms with E-state index in [1.165, 1.54) is 12.2 Å². The van der Waals surface area contributed by atoms with Crippen molar-refractivity contribution in [2.45, 2.75) is 12.0 Å². The maximum Gasteiger partial charge on any atom is 0.165 e. The SMILES string of the molecule is N#Cc1ccc(C2C(=O)C=C[C@@H]2O)cc1. The van der Waals surface area contributed by atoms with E-state index in [1.54, 1.807) is 24.3 Å². The van der Waals surface area contributed by atoms with Crippen LogP contribution in [0.15, 0.2) is 36.4 Å². The molecule has 0 aliphatic heterocycles. The molecule has 1 unspecified atom stereocenters. The molecule has 2 atom stereocenters. The monoisotopic (exact) mass is 199 g/mol. The van der Waals surface area contributed by atoms with Gasteiger partial charge in [-0.05, 0) is 23.8 Å². The topological polar surface area (TPSA) is 61.1 Å². The highest BCUT2D eigenvalue weighted by Gasteiger charge is 2.29. The van der Waals surface area contributed by atoms with E-state index in [-0.39, 0.29) is 5.78 Å². The lowest BCUT2D eigenvalue weighted by Crippen LogP contribution is -2.17. The Morgan fingerprint density at radius 1 is 1.27 bits per heavy atom. The summed E-state index contributed by atoms with van der Waals surface area (Å²) in [6, 6.07) is 8.71. The maximum atomic E-state index is 11.4. The number of rotatable bonds is 1. The molecule has 1 N–H and O–H groups in total. The van der Waals surface area contributed by atoms with Gasteiger partial charge in [-0.2, -0.15) is 5.26 Å². The van der Waals surface area contributed by atoms with Gasteiger partial charge in [0.25, 0.3) is 0 Å². The van der Waals surface area contributed by atoms with Crippen LogP contribution in [0.5, 0.6) is 0 Å². The summed E-state index contributed by atoms with van der Waals surface area (Å²) in [4.78, 5) is 11.4. The summed E-state index contributed by atoms with van der Waals surface area (Å²) in [5, 5.41) is 18.2. The predicted octanol–water partition coefficient (Wildman–Crippen LogP) is 1.14. The smallest absolute Gasteiger partial charge is 0.165 e. The van der Waals surface area contributed by atoms with E-state index in [0.717, 1.165) is 5.56 Å². The second-order valence-corrected chi connectivity index (χ2v) is 3.46. The molecule has 1 aromatic carbocycles. The van der Waals surface area contributed by atoms with Crippen LogP contribution in [0.4, 0.5) is 0 Å². The summed E-state index contributed by atoms with van der Waals surface area (Å²) in [5.74, 6) is -0.593. The van der Waals surface area contributed by atoms with Crippen LogP contribution in [-0.2, 0) is 4.79 Å². The highest BCUT2D eigenvalue weighted by atomic mass is 16.3. The molecular formula is C12H9NO2. The number of hydrogen-bond acceptors (Lipinski definition) is 3. The van der Waals surface area contributed by atoms with Crippen molar-refractivity contribution < 1.29 is 9.90 Å². The molecule has 0 spiro atoms. The van der Waals surface area contributed by atoms with Crippen molar-refractivity contribution >= 4 is 5.78 Å². The summed E-state index contributed by atoms with van der Waals surface area (Å²) >= 11 is 0. The van der Waals surface area contributed by atoms with Crippen molar-refractivity contribution in [3.8, 4) is 6.07 Å². The number of hydrogen-bond donors (Lipinski definition) is 1. The molecule has 0 fully saturated rings. The quantitative estimate of drug-likeness (QED) is 0.737. The van der Waals surface area contributed by atoms with Crippen molar-refractivity contribution in [1.29, 1.82) is 5.26 Å². The van der Waals surface area contributed by atoms with E-state index in [4.69, 9.17) is 5.26 Å². The Morgan fingerprint density at radius 2 is 1.93 bits per heavy atom. The third-order valence-electron chi connectivity index (χ3n) is 2.50. The van der Waals surface area contributed by atoms with Crippen molar-refractivity contribution in [2.24, 2.45) is 0 Å². The van der Waals surface area contributed by atoms with E-state index >= 15 is 0 Å². The highest BCUT2D eigenvalue weighted by molar-refractivity contribution is 5.98. The molecule has 1 aliphatic carbocycles. The number of nitriles is 1. The standard InChI is InChI=1S/C12H9NO2/c13-7-8-1-3-9(4-2-8)12-10(14)5-6-11(12)15/h1-6,10,12,14H/t10-,12?/m0/s1. The Balaban J connectivity index is 2.31. The molecule has 0 heterocycles. The summed E-state index contributed by atoms with van der Waals surface area (Å²) < 4.78 is 0. The number of aliphatic hydroxyl groups is 1. The third-order valence-corrected chi connectivity index (χ3v) is 2.50. The van der Waals surface area contributed by atoms with Crippen molar-refractivity contribution in [1.82, 2.24) is 0 Å². The van der Waals surface area contributed by atoms with Crippen LogP contribution >= 0.6 is 0 Å². The lowest BCUT2D eigenvalue weighted by molar-refractivity contribution is -0.116. The van der Waals surface area contributed by atoms with Crippen molar-refractivity contribution in [3.05, 3.63) is 47.5 Å². The van der Waals surface area contributed by atoms with E-state index in [9.17, 15) is 9.90 Å². The minimum absolute atomic E-state index is 0.0905. The molecule has 74 valence electrons. The molecule has 2 rings (SSSR count). The van der Waals surface area contributed by atoms with Crippen molar-refractivity contribution in [2.75, 3.05) is 0 Å². The van der Waals surface area contributed by atoms with E-state index in [0.29, 0.717) is 5.56 Å². The Morgan fingerprint density at radius 3 is 2.40 bits per heavy atom. The van der Waals surface area contributed by atoms with Gasteiger partial charge in [-0.1, -0.05) is 18.2 Å². The van der Waals surface area contributed by atoms with Crippen LogP contribution < -0.4 is 0 Å². The van der Waals surface area contributed by atoms with Crippen LogP contribution in [0.1, 0.15) is 17.0 Å². The third kappa shape index (κ3) is 1.67. The minimum Gasteiger partial charge on any atom is -0.388 e. The first-order valence-corrected chi connectivity index (χ1v) is 4.62. The Hall–Kier alpha value is -1.92. The minimum atomic E-state index is -0.745. The van der Waals surface area contributed by atoms with Crippen molar-refractivity contribution in [3.63, 3.8) is 0 Å². The lowest BCUT2D eigenvalue weighted by Gasteiger charge is -2.12. The average molecular weight is 199 g/mol. The van der Waals surface area contributed by atoms with Crippen LogP contribution in [0, 0.1) is 11.3 Å². The number of benzene rings is 1. The van der Waals surface area contributed by atoms with Gasteiger partial charge < -0.3 is 5.11 Å². The molecule has 1 aliphatic rings. The van der Waals surface area contributed by atoms with Crippen LogP contribution in [0.25, 0.3) is 0 Å². The largest absolute Gasteiger partial charge is 0.388 e. The number of aliphatic hydroxyl groups excluding tert-OH is 1. The molecule has 15 heavy (non-hydrogen) atoms. The zero-order valence-corrected chi connectivity index (χ0v) is 7.92. The molecule has 0 saturated carbocycles. The number of carbonyl (C=O) groups is 1. The highest BCUT2D eigenvalue weighted by Crippen LogP contribution is 2.27. The molecule has 0 aromatic heterocycles. The van der Waals surface area contributed by atoms with Gasteiger partial charge in [0.1, 0.15) is 0 Å². The number of allylic oxidation sites excluding steroid dienone is 1. The fraction of sp³-hybridized carbons (Fsp3) is 0.167. The second-order valence-electron chi connectivity index (χ2n) is 3.46.